The molecule has 1 fully saturated rings. The lowest BCUT2D eigenvalue weighted by molar-refractivity contribution is 0.189. The molecule has 0 spiro atoms. The molecule has 2 aliphatic heterocycles. The van der Waals surface area contributed by atoms with Crippen molar-refractivity contribution in [1.82, 2.24) is 25.0 Å². The molecule has 0 aliphatic carbocycles. The topological polar surface area (TPSA) is 64.4 Å². The number of rotatable bonds is 6. The van der Waals surface area contributed by atoms with Crippen LogP contribution in [0.2, 0.25) is 0 Å². The molecular formula is C21H32ClN5O2. The Hall–Kier alpha value is -1.83. The van der Waals surface area contributed by atoms with Gasteiger partial charge in [0.1, 0.15) is 11.6 Å². The summed E-state index contributed by atoms with van der Waals surface area (Å²) in [5, 5.41) is 12.3. The van der Waals surface area contributed by atoms with Gasteiger partial charge in [0.2, 0.25) is 0 Å². The molecule has 0 radical (unpaired) electrons. The van der Waals surface area contributed by atoms with Crippen molar-refractivity contribution in [2.24, 2.45) is 0 Å². The first-order chi connectivity index (χ1) is 13.7. The minimum Gasteiger partial charge on any atom is -0.493 e. The normalized spacial score (nSPS) is 17.7. The molecular weight excluding hydrogens is 390 g/mol. The number of aromatic nitrogens is 3. The first-order valence-corrected chi connectivity index (χ1v) is 10.3. The molecule has 0 unspecified atom stereocenters. The van der Waals surface area contributed by atoms with E-state index in [4.69, 9.17) is 9.47 Å². The molecule has 160 valence electrons. The highest BCUT2D eigenvalue weighted by Crippen LogP contribution is 2.34. The number of nitrogens with zero attached hydrogens (tertiary/aromatic N) is 4. The van der Waals surface area contributed by atoms with Gasteiger partial charge >= 0.3 is 0 Å². The van der Waals surface area contributed by atoms with Crippen molar-refractivity contribution in [2.75, 3.05) is 26.7 Å². The molecule has 2 aromatic rings. The number of hydrogen-bond donors (Lipinski definition) is 1. The van der Waals surface area contributed by atoms with Gasteiger partial charge in [-0.25, -0.2) is 0 Å². The Balaban J connectivity index is 0.00000240. The third kappa shape index (κ3) is 4.85. The van der Waals surface area contributed by atoms with Crippen LogP contribution in [0.1, 0.15) is 49.8 Å². The van der Waals surface area contributed by atoms with Gasteiger partial charge in [0.15, 0.2) is 11.5 Å². The van der Waals surface area contributed by atoms with Crippen LogP contribution >= 0.6 is 12.4 Å². The molecule has 2 aliphatic rings. The van der Waals surface area contributed by atoms with E-state index >= 15 is 0 Å². The van der Waals surface area contributed by atoms with Crippen LogP contribution in [0, 0.1) is 0 Å². The fourth-order valence-corrected chi connectivity index (χ4v) is 4.22. The Morgan fingerprint density at radius 3 is 2.69 bits per heavy atom. The molecule has 0 atom stereocenters. The number of para-hydroxylation sites is 1. The number of nitrogens with one attached hydrogen (secondary N) is 1. The van der Waals surface area contributed by atoms with Gasteiger partial charge in [-0.2, -0.15) is 0 Å². The molecule has 0 bridgehead atoms. The van der Waals surface area contributed by atoms with E-state index in [9.17, 15) is 0 Å². The van der Waals surface area contributed by atoms with E-state index in [2.05, 4.69) is 44.9 Å². The van der Waals surface area contributed by atoms with E-state index in [-0.39, 0.29) is 18.5 Å². The summed E-state index contributed by atoms with van der Waals surface area (Å²) < 4.78 is 13.9. The zero-order chi connectivity index (χ0) is 19.5. The number of benzene rings is 1. The van der Waals surface area contributed by atoms with Crippen LogP contribution in [0.4, 0.5) is 0 Å². The molecule has 1 aromatic carbocycles. The Morgan fingerprint density at radius 2 is 1.97 bits per heavy atom. The third-order valence-electron chi connectivity index (χ3n) is 5.63. The lowest BCUT2D eigenvalue weighted by Gasteiger charge is -2.32. The van der Waals surface area contributed by atoms with Crippen LogP contribution in [0.3, 0.4) is 0 Å². The Morgan fingerprint density at radius 1 is 1.17 bits per heavy atom. The average Bonchev–Trinajstić information content (AvgIpc) is 3.14. The van der Waals surface area contributed by atoms with Crippen LogP contribution in [0.25, 0.3) is 0 Å². The second-order valence-corrected chi connectivity index (χ2v) is 7.97. The van der Waals surface area contributed by atoms with Crippen molar-refractivity contribution in [2.45, 2.75) is 58.3 Å². The van der Waals surface area contributed by atoms with Gasteiger partial charge in [0.25, 0.3) is 0 Å². The highest BCUT2D eigenvalue weighted by molar-refractivity contribution is 5.85. The molecule has 0 amide bonds. The van der Waals surface area contributed by atoms with E-state index < -0.39 is 0 Å². The number of methoxy groups -OCH3 is 1. The monoisotopic (exact) mass is 421 g/mol. The fourth-order valence-electron chi connectivity index (χ4n) is 4.22. The predicted octanol–water partition coefficient (Wildman–Crippen LogP) is 2.98. The van der Waals surface area contributed by atoms with Crippen molar-refractivity contribution in [3.05, 3.63) is 35.4 Å². The number of halogens is 1. The van der Waals surface area contributed by atoms with E-state index in [0.29, 0.717) is 5.92 Å². The van der Waals surface area contributed by atoms with Gasteiger partial charge in [0, 0.05) is 31.1 Å². The second kappa shape index (κ2) is 9.78. The van der Waals surface area contributed by atoms with Crippen molar-refractivity contribution in [3.8, 4) is 11.5 Å². The largest absolute Gasteiger partial charge is 0.493 e. The quantitative estimate of drug-likeness (QED) is 0.773. The Labute approximate surface area is 179 Å². The zero-order valence-corrected chi connectivity index (χ0v) is 18.4. The van der Waals surface area contributed by atoms with Crippen LogP contribution in [0.15, 0.2) is 18.2 Å². The SMILES string of the molecule is COc1cccc(CN2CCC(c3nnc4n3CCNC4)CC2)c1OC(C)C.Cl. The maximum atomic E-state index is 6.07. The maximum Gasteiger partial charge on any atom is 0.166 e. The van der Waals surface area contributed by atoms with Crippen molar-refractivity contribution in [1.29, 1.82) is 0 Å². The summed E-state index contributed by atoms with van der Waals surface area (Å²) in [5.74, 6) is 4.45. The highest BCUT2D eigenvalue weighted by atomic mass is 35.5. The van der Waals surface area contributed by atoms with Gasteiger partial charge in [-0.1, -0.05) is 12.1 Å². The van der Waals surface area contributed by atoms with E-state index in [1.165, 1.54) is 11.4 Å². The van der Waals surface area contributed by atoms with E-state index in [1.54, 1.807) is 7.11 Å². The predicted molar refractivity (Wildman–Crippen MR) is 115 cm³/mol. The molecule has 7 nitrogen and oxygen atoms in total. The third-order valence-corrected chi connectivity index (χ3v) is 5.63. The molecule has 29 heavy (non-hydrogen) atoms. The summed E-state index contributed by atoms with van der Waals surface area (Å²) in [6, 6.07) is 6.16. The first-order valence-electron chi connectivity index (χ1n) is 10.3. The van der Waals surface area contributed by atoms with Crippen molar-refractivity contribution in [3.63, 3.8) is 0 Å². The second-order valence-electron chi connectivity index (χ2n) is 7.97. The summed E-state index contributed by atoms with van der Waals surface area (Å²) in [4.78, 5) is 2.51. The van der Waals surface area contributed by atoms with Gasteiger partial charge in [-0.15, -0.1) is 22.6 Å². The summed E-state index contributed by atoms with van der Waals surface area (Å²) >= 11 is 0. The Bertz CT molecular complexity index is 802. The lowest BCUT2D eigenvalue weighted by atomic mass is 9.95. The summed E-state index contributed by atoms with van der Waals surface area (Å²) in [6.45, 7) is 9.93. The summed E-state index contributed by atoms with van der Waals surface area (Å²) in [5.41, 5.74) is 1.19. The molecule has 1 N–H and O–H groups in total. The molecule has 1 aromatic heterocycles. The van der Waals surface area contributed by atoms with E-state index in [0.717, 1.165) is 69.4 Å². The molecule has 3 heterocycles. The number of likely N-dealkylation sites (tertiary alicyclic amines) is 1. The van der Waals surface area contributed by atoms with Crippen LogP contribution < -0.4 is 14.8 Å². The number of fused-ring (bicyclic) bond motifs is 1. The molecule has 1 saturated heterocycles. The fraction of sp³-hybridized carbons (Fsp3) is 0.619. The molecule has 8 heteroatoms. The van der Waals surface area contributed by atoms with Crippen LogP contribution in [0.5, 0.6) is 11.5 Å². The molecule has 4 rings (SSSR count). The zero-order valence-electron chi connectivity index (χ0n) is 17.6. The first kappa shape index (κ1) is 21.9. The standard InChI is InChI=1S/C21H31N5O2.ClH/c1-15(2)28-20-17(5-4-6-18(20)27-3)14-25-10-7-16(8-11-25)21-24-23-19-13-22-9-12-26(19)21;/h4-6,15-16,22H,7-14H2,1-3H3;1H. The summed E-state index contributed by atoms with van der Waals surface area (Å²) in [7, 11) is 1.70. The van der Waals surface area contributed by atoms with Gasteiger partial charge in [-0.3, -0.25) is 4.90 Å². The molecule has 0 saturated carbocycles. The van der Waals surface area contributed by atoms with Gasteiger partial charge in [-0.05, 0) is 45.8 Å². The van der Waals surface area contributed by atoms with Gasteiger partial charge in [0.05, 0.1) is 19.8 Å². The van der Waals surface area contributed by atoms with Crippen molar-refractivity contribution >= 4 is 12.4 Å². The van der Waals surface area contributed by atoms with Crippen LogP contribution in [-0.4, -0.2) is 52.5 Å². The summed E-state index contributed by atoms with van der Waals surface area (Å²) in [6.07, 6.45) is 2.36. The Kier molecular flexibility index (Phi) is 7.38. The maximum absolute atomic E-state index is 6.07. The van der Waals surface area contributed by atoms with Crippen LogP contribution in [-0.2, 0) is 19.6 Å². The van der Waals surface area contributed by atoms with Gasteiger partial charge < -0.3 is 19.4 Å². The number of hydrogen-bond acceptors (Lipinski definition) is 6. The minimum atomic E-state index is 0. The number of piperidine rings is 1. The lowest BCUT2D eigenvalue weighted by Crippen LogP contribution is -2.35. The highest BCUT2D eigenvalue weighted by Gasteiger charge is 2.27. The average molecular weight is 422 g/mol. The van der Waals surface area contributed by atoms with Crippen molar-refractivity contribution < 1.29 is 9.47 Å². The minimum absolute atomic E-state index is 0. The van der Waals surface area contributed by atoms with E-state index in [1.807, 2.05) is 12.1 Å². The number of ether oxygens (including phenoxy) is 2. The smallest absolute Gasteiger partial charge is 0.166 e.